The molecule has 1 N–H and O–H groups in total. The van der Waals surface area contributed by atoms with E-state index in [-0.39, 0.29) is 21.6 Å². The number of hydrogen-bond donors (Lipinski definition) is 1. The van der Waals surface area contributed by atoms with E-state index in [1.807, 2.05) is 48.7 Å². The predicted octanol–water partition coefficient (Wildman–Crippen LogP) is 4.34. The summed E-state index contributed by atoms with van der Waals surface area (Å²) in [6.07, 6.45) is 0. The first kappa shape index (κ1) is 18.7. The fourth-order valence-corrected chi connectivity index (χ4v) is 5.42. The van der Waals surface area contributed by atoms with Gasteiger partial charge in [0.2, 0.25) is 14.9 Å². The number of anilines is 1. The molecule has 3 aromatic heterocycles. The molecule has 0 saturated carbocycles. The lowest BCUT2D eigenvalue weighted by atomic mass is 10.1. The molecule has 0 aliphatic carbocycles. The Hall–Kier alpha value is -3.30. The van der Waals surface area contributed by atoms with Crippen LogP contribution in [-0.4, -0.2) is 28.2 Å². The third-order valence-electron chi connectivity index (χ3n) is 4.88. The van der Waals surface area contributed by atoms with Gasteiger partial charge in [0, 0.05) is 6.04 Å². The Morgan fingerprint density at radius 3 is 2.43 bits per heavy atom. The molecule has 0 aliphatic rings. The summed E-state index contributed by atoms with van der Waals surface area (Å²) in [5.74, 6) is 0.607. The van der Waals surface area contributed by atoms with Gasteiger partial charge < -0.3 is 5.32 Å². The summed E-state index contributed by atoms with van der Waals surface area (Å²) in [4.78, 5) is 4.81. The highest BCUT2D eigenvalue weighted by Gasteiger charge is 2.27. The second-order valence-corrected chi connectivity index (χ2v) is 9.60. The molecule has 30 heavy (non-hydrogen) atoms. The summed E-state index contributed by atoms with van der Waals surface area (Å²) in [5, 5.41) is 13.3. The number of thiophene rings is 1. The molecule has 0 fully saturated rings. The molecule has 0 saturated heterocycles. The first-order chi connectivity index (χ1) is 14.6. The number of nitrogens with one attached hydrogen (secondary N) is 1. The predicted molar refractivity (Wildman–Crippen MR) is 117 cm³/mol. The Balaban J connectivity index is 1.67. The lowest BCUT2D eigenvalue weighted by Crippen LogP contribution is -2.10. The van der Waals surface area contributed by atoms with E-state index >= 15 is 0 Å². The Kier molecular flexibility index (Phi) is 4.48. The van der Waals surface area contributed by atoms with Crippen LogP contribution >= 0.6 is 11.3 Å². The zero-order valence-electron chi connectivity index (χ0n) is 15.9. The smallest absolute Gasteiger partial charge is 0.229 e. The number of nitrogens with zero attached hydrogens (tertiary/aromatic N) is 4. The van der Waals surface area contributed by atoms with Crippen LogP contribution in [0.1, 0.15) is 18.5 Å². The molecule has 5 aromatic rings. The van der Waals surface area contributed by atoms with Gasteiger partial charge in [-0.15, -0.1) is 16.4 Å². The van der Waals surface area contributed by atoms with E-state index in [1.54, 1.807) is 30.3 Å². The quantitative estimate of drug-likeness (QED) is 0.442. The van der Waals surface area contributed by atoms with Crippen LogP contribution in [0.2, 0.25) is 0 Å². The minimum absolute atomic E-state index is 0.0171. The summed E-state index contributed by atoms with van der Waals surface area (Å²) in [7, 11) is -3.85. The van der Waals surface area contributed by atoms with Gasteiger partial charge in [-0.3, -0.25) is 0 Å². The molecule has 0 radical (unpaired) electrons. The topological polar surface area (TPSA) is 89.2 Å². The first-order valence-electron chi connectivity index (χ1n) is 9.30. The normalized spacial score (nSPS) is 13.0. The maximum atomic E-state index is 13.2. The summed E-state index contributed by atoms with van der Waals surface area (Å²) in [5.41, 5.74) is 2.06. The molecule has 0 spiro atoms. The van der Waals surface area contributed by atoms with Crippen molar-refractivity contribution in [3.63, 3.8) is 0 Å². The van der Waals surface area contributed by atoms with Gasteiger partial charge in [-0.1, -0.05) is 53.7 Å². The fourth-order valence-electron chi connectivity index (χ4n) is 3.34. The largest absolute Gasteiger partial charge is 0.362 e. The monoisotopic (exact) mass is 435 g/mol. The van der Waals surface area contributed by atoms with E-state index < -0.39 is 9.84 Å². The van der Waals surface area contributed by atoms with Crippen molar-refractivity contribution in [3.8, 4) is 0 Å². The average molecular weight is 436 g/mol. The third kappa shape index (κ3) is 3.03. The minimum Gasteiger partial charge on any atom is -0.362 e. The zero-order chi connectivity index (χ0) is 20.7. The number of sulfone groups is 1. The highest BCUT2D eigenvalue weighted by Crippen LogP contribution is 2.32. The van der Waals surface area contributed by atoms with Gasteiger partial charge in [-0.25, -0.2) is 13.4 Å². The Bertz CT molecular complexity index is 1440. The lowest BCUT2D eigenvalue weighted by molar-refractivity contribution is 0.592. The molecule has 9 heteroatoms. The molecule has 0 bridgehead atoms. The molecule has 2 aromatic carbocycles. The van der Waals surface area contributed by atoms with Gasteiger partial charge in [0.25, 0.3) is 0 Å². The molecule has 0 aliphatic heterocycles. The van der Waals surface area contributed by atoms with Gasteiger partial charge in [-0.2, -0.15) is 4.52 Å². The number of aromatic nitrogens is 4. The van der Waals surface area contributed by atoms with Crippen molar-refractivity contribution < 1.29 is 8.42 Å². The molecule has 150 valence electrons. The van der Waals surface area contributed by atoms with Crippen molar-refractivity contribution in [2.24, 2.45) is 0 Å². The number of benzene rings is 2. The van der Waals surface area contributed by atoms with Gasteiger partial charge in [-0.05, 0) is 36.1 Å². The van der Waals surface area contributed by atoms with E-state index in [4.69, 9.17) is 0 Å². The zero-order valence-corrected chi connectivity index (χ0v) is 17.6. The van der Waals surface area contributed by atoms with Gasteiger partial charge in [0.15, 0.2) is 5.65 Å². The van der Waals surface area contributed by atoms with Crippen molar-refractivity contribution in [1.82, 2.24) is 19.8 Å². The van der Waals surface area contributed by atoms with E-state index in [9.17, 15) is 8.42 Å². The summed E-state index contributed by atoms with van der Waals surface area (Å²) in [6, 6.07) is 20.1. The van der Waals surface area contributed by atoms with Crippen molar-refractivity contribution >= 4 is 42.9 Å². The van der Waals surface area contributed by atoms with Crippen LogP contribution in [0, 0.1) is 0 Å². The molecule has 3 heterocycles. The van der Waals surface area contributed by atoms with Crippen LogP contribution in [0.5, 0.6) is 0 Å². The molecule has 0 amide bonds. The Morgan fingerprint density at radius 2 is 1.70 bits per heavy atom. The number of rotatable bonds is 5. The van der Waals surface area contributed by atoms with Crippen molar-refractivity contribution in [2.45, 2.75) is 22.9 Å². The highest BCUT2D eigenvalue weighted by atomic mass is 32.2. The highest BCUT2D eigenvalue weighted by molar-refractivity contribution is 7.91. The van der Waals surface area contributed by atoms with Crippen LogP contribution in [0.15, 0.2) is 82.0 Å². The SMILES string of the molecule is C[C@H](Nc1nc2c(S(=O)(=O)c3ccccc3)nnn2c2ccsc12)c1ccccc1. The van der Waals surface area contributed by atoms with Crippen LogP contribution in [0.25, 0.3) is 15.9 Å². The van der Waals surface area contributed by atoms with E-state index in [0.29, 0.717) is 5.82 Å². The molecule has 0 unspecified atom stereocenters. The summed E-state index contributed by atoms with van der Waals surface area (Å²) >= 11 is 1.52. The second-order valence-electron chi connectivity index (χ2n) is 6.82. The minimum atomic E-state index is -3.85. The van der Waals surface area contributed by atoms with Gasteiger partial charge >= 0.3 is 0 Å². The maximum Gasteiger partial charge on any atom is 0.229 e. The van der Waals surface area contributed by atoms with Crippen molar-refractivity contribution in [3.05, 3.63) is 77.7 Å². The Labute approximate surface area is 176 Å². The van der Waals surface area contributed by atoms with E-state index in [0.717, 1.165) is 15.8 Å². The third-order valence-corrected chi connectivity index (χ3v) is 7.46. The van der Waals surface area contributed by atoms with Crippen molar-refractivity contribution in [1.29, 1.82) is 0 Å². The van der Waals surface area contributed by atoms with Gasteiger partial charge in [0.05, 0.1) is 15.1 Å². The summed E-state index contributed by atoms with van der Waals surface area (Å²) < 4.78 is 28.7. The lowest BCUT2D eigenvalue weighted by Gasteiger charge is -2.15. The summed E-state index contributed by atoms with van der Waals surface area (Å²) in [6.45, 7) is 2.04. The number of hydrogen-bond acceptors (Lipinski definition) is 7. The standard InChI is InChI=1S/C21H17N5O2S2/c1-14(15-8-4-2-5-9-15)22-19-18-17(12-13-29-18)26-20(23-19)21(24-25-26)30(27,28)16-10-6-3-7-11-16/h2-14H,1H3,(H,22,23)/t14-/m0/s1. The molecule has 5 rings (SSSR count). The van der Waals surface area contributed by atoms with Crippen LogP contribution in [0.4, 0.5) is 5.82 Å². The fraction of sp³-hybridized carbons (Fsp3) is 0.0952. The van der Waals surface area contributed by atoms with Crippen LogP contribution in [0.3, 0.4) is 0 Å². The number of fused-ring (bicyclic) bond motifs is 3. The molecular weight excluding hydrogens is 418 g/mol. The van der Waals surface area contributed by atoms with E-state index in [1.165, 1.54) is 15.9 Å². The maximum absolute atomic E-state index is 13.2. The second kappa shape index (κ2) is 7.19. The average Bonchev–Trinajstić information content (AvgIpc) is 3.42. The Morgan fingerprint density at radius 1 is 1.00 bits per heavy atom. The molecule has 1 atom stereocenters. The molecular formula is C21H17N5O2S2. The van der Waals surface area contributed by atoms with Crippen LogP contribution in [-0.2, 0) is 9.84 Å². The van der Waals surface area contributed by atoms with Crippen LogP contribution < -0.4 is 5.32 Å². The van der Waals surface area contributed by atoms with Crippen molar-refractivity contribution in [2.75, 3.05) is 5.32 Å². The molecule has 7 nitrogen and oxygen atoms in total. The van der Waals surface area contributed by atoms with E-state index in [2.05, 4.69) is 20.6 Å². The van der Waals surface area contributed by atoms with Gasteiger partial charge in [0.1, 0.15) is 5.82 Å². The first-order valence-corrected chi connectivity index (χ1v) is 11.7.